The summed E-state index contributed by atoms with van der Waals surface area (Å²) in [7, 11) is -2.22. The van der Waals surface area contributed by atoms with Crippen molar-refractivity contribution in [3.05, 3.63) is 29.8 Å². The van der Waals surface area contributed by atoms with E-state index < -0.39 is 10.0 Å². The van der Waals surface area contributed by atoms with Crippen LogP contribution in [-0.4, -0.2) is 74.0 Å². The SMILES string of the molecule is CN(CCO)S(=O)(=O)c1ccc(C(=O)N2[C@@H]3CC[C@H]2CNC3)cc1.Cl. The fourth-order valence-corrected chi connectivity index (χ4v) is 4.63. The molecule has 1 aromatic carbocycles. The molecule has 25 heavy (non-hydrogen) atoms. The highest BCUT2D eigenvalue weighted by Gasteiger charge is 2.39. The normalized spacial score (nSPS) is 22.8. The van der Waals surface area contributed by atoms with E-state index >= 15 is 0 Å². The molecule has 2 saturated heterocycles. The third-order valence-electron chi connectivity index (χ3n) is 4.84. The third kappa shape index (κ3) is 3.83. The van der Waals surface area contributed by atoms with Gasteiger partial charge in [-0.2, -0.15) is 4.31 Å². The second-order valence-corrected chi connectivity index (χ2v) is 8.38. The van der Waals surface area contributed by atoms with Gasteiger partial charge in [-0.05, 0) is 37.1 Å². The van der Waals surface area contributed by atoms with Crippen molar-refractivity contribution >= 4 is 28.3 Å². The van der Waals surface area contributed by atoms with Crippen LogP contribution in [0.1, 0.15) is 23.2 Å². The maximum absolute atomic E-state index is 12.8. The number of carbonyl (C=O) groups excluding carboxylic acids is 1. The molecule has 0 aromatic heterocycles. The molecule has 2 aliphatic rings. The molecule has 2 heterocycles. The summed E-state index contributed by atoms with van der Waals surface area (Å²) in [5.41, 5.74) is 0.512. The van der Waals surface area contributed by atoms with Crippen LogP contribution < -0.4 is 5.32 Å². The van der Waals surface area contributed by atoms with Gasteiger partial charge in [0, 0.05) is 44.3 Å². The number of sulfonamides is 1. The molecular weight excluding hydrogens is 366 g/mol. The predicted octanol–water partition coefficient (Wildman–Crippen LogP) is 0.298. The second-order valence-electron chi connectivity index (χ2n) is 6.33. The number of nitrogens with one attached hydrogen (secondary N) is 1. The van der Waals surface area contributed by atoms with Crippen LogP contribution >= 0.6 is 12.4 Å². The molecule has 2 atom stereocenters. The van der Waals surface area contributed by atoms with Gasteiger partial charge in [0.05, 0.1) is 11.5 Å². The van der Waals surface area contributed by atoms with Crippen LogP contribution in [0.25, 0.3) is 0 Å². The quantitative estimate of drug-likeness (QED) is 0.755. The Hall–Kier alpha value is -1.19. The molecule has 7 nitrogen and oxygen atoms in total. The Balaban J connectivity index is 0.00000225. The fraction of sp³-hybridized carbons (Fsp3) is 0.562. The number of piperazine rings is 1. The molecule has 2 N–H and O–H groups in total. The number of rotatable bonds is 5. The highest BCUT2D eigenvalue weighted by Crippen LogP contribution is 2.28. The monoisotopic (exact) mass is 389 g/mol. The summed E-state index contributed by atoms with van der Waals surface area (Å²) in [6, 6.07) is 6.53. The number of likely N-dealkylation sites (N-methyl/N-ethyl adjacent to an activating group) is 1. The van der Waals surface area contributed by atoms with Crippen LogP contribution in [0.5, 0.6) is 0 Å². The molecule has 0 radical (unpaired) electrons. The average molecular weight is 390 g/mol. The molecule has 3 rings (SSSR count). The van der Waals surface area contributed by atoms with E-state index in [0.29, 0.717) is 5.56 Å². The number of halogens is 1. The maximum atomic E-state index is 12.8. The molecule has 2 fully saturated rings. The van der Waals surface area contributed by atoms with Crippen molar-refractivity contribution in [2.24, 2.45) is 0 Å². The van der Waals surface area contributed by atoms with Crippen LogP contribution in [-0.2, 0) is 10.0 Å². The van der Waals surface area contributed by atoms with Crippen molar-refractivity contribution in [2.45, 2.75) is 29.8 Å². The number of aliphatic hydroxyl groups excluding tert-OH is 1. The summed E-state index contributed by atoms with van der Waals surface area (Å²) >= 11 is 0. The Bertz CT molecular complexity index is 695. The van der Waals surface area contributed by atoms with E-state index in [1.807, 2.05) is 4.90 Å². The molecule has 2 bridgehead atoms. The van der Waals surface area contributed by atoms with Crippen molar-refractivity contribution < 1.29 is 18.3 Å². The summed E-state index contributed by atoms with van der Waals surface area (Å²) in [5.74, 6) is -0.0309. The zero-order chi connectivity index (χ0) is 17.3. The third-order valence-corrected chi connectivity index (χ3v) is 6.71. The molecule has 1 aromatic rings. The first-order valence-corrected chi connectivity index (χ1v) is 9.60. The van der Waals surface area contributed by atoms with Gasteiger partial charge in [-0.3, -0.25) is 4.79 Å². The van der Waals surface area contributed by atoms with E-state index in [1.165, 1.54) is 19.2 Å². The van der Waals surface area contributed by atoms with Gasteiger partial charge < -0.3 is 15.3 Å². The number of benzene rings is 1. The van der Waals surface area contributed by atoms with E-state index in [4.69, 9.17) is 5.11 Å². The second kappa shape index (κ2) is 8.01. The maximum Gasteiger partial charge on any atom is 0.254 e. The molecule has 1 amide bonds. The summed E-state index contributed by atoms with van der Waals surface area (Å²) in [5, 5.41) is 12.2. The fourth-order valence-electron chi connectivity index (χ4n) is 3.47. The van der Waals surface area contributed by atoms with Gasteiger partial charge in [0.2, 0.25) is 10.0 Å². The summed E-state index contributed by atoms with van der Waals surface area (Å²) < 4.78 is 25.8. The minimum Gasteiger partial charge on any atom is -0.395 e. The zero-order valence-electron chi connectivity index (χ0n) is 14.1. The Morgan fingerprint density at radius 1 is 1.24 bits per heavy atom. The Morgan fingerprint density at radius 2 is 1.80 bits per heavy atom. The van der Waals surface area contributed by atoms with Crippen LogP contribution in [0.15, 0.2) is 29.2 Å². The number of carbonyl (C=O) groups is 1. The lowest BCUT2D eigenvalue weighted by Crippen LogP contribution is -2.54. The smallest absolute Gasteiger partial charge is 0.254 e. The lowest BCUT2D eigenvalue weighted by molar-refractivity contribution is 0.0619. The molecule has 140 valence electrons. The van der Waals surface area contributed by atoms with Crippen molar-refractivity contribution in [3.63, 3.8) is 0 Å². The van der Waals surface area contributed by atoms with Gasteiger partial charge in [0.1, 0.15) is 0 Å². The first-order chi connectivity index (χ1) is 11.4. The van der Waals surface area contributed by atoms with Crippen molar-refractivity contribution in [1.29, 1.82) is 0 Å². The Morgan fingerprint density at radius 3 is 2.32 bits per heavy atom. The van der Waals surface area contributed by atoms with Crippen molar-refractivity contribution in [1.82, 2.24) is 14.5 Å². The largest absolute Gasteiger partial charge is 0.395 e. The van der Waals surface area contributed by atoms with Gasteiger partial charge in [0.25, 0.3) is 5.91 Å². The minimum absolute atomic E-state index is 0. The first-order valence-electron chi connectivity index (χ1n) is 8.16. The minimum atomic E-state index is -3.64. The molecule has 2 aliphatic heterocycles. The molecule has 9 heteroatoms. The summed E-state index contributed by atoms with van der Waals surface area (Å²) in [6.07, 6.45) is 2.03. The van der Waals surface area contributed by atoms with E-state index in [2.05, 4.69) is 5.32 Å². The summed E-state index contributed by atoms with van der Waals surface area (Å²) in [4.78, 5) is 14.8. The van der Waals surface area contributed by atoms with E-state index in [-0.39, 0.29) is 48.4 Å². The average Bonchev–Trinajstić information content (AvgIpc) is 2.83. The Labute approximate surface area is 154 Å². The predicted molar refractivity (Wildman–Crippen MR) is 96.4 cm³/mol. The van der Waals surface area contributed by atoms with Crippen LogP contribution in [0.2, 0.25) is 0 Å². The molecule has 0 unspecified atom stereocenters. The van der Waals surface area contributed by atoms with Gasteiger partial charge in [-0.15, -0.1) is 12.4 Å². The molecule has 0 spiro atoms. The molecular formula is C16H24ClN3O4S. The number of aliphatic hydroxyl groups is 1. The topological polar surface area (TPSA) is 90.0 Å². The number of hydrogen-bond donors (Lipinski definition) is 2. The molecule has 0 aliphatic carbocycles. The lowest BCUT2D eigenvalue weighted by Gasteiger charge is -2.35. The van der Waals surface area contributed by atoms with Crippen molar-refractivity contribution in [2.75, 3.05) is 33.3 Å². The zero-order valence-corrected chi connectivity index (χ0v) is 15.7. The van der Waals surface area contributed by atoms with Gasteiger partial charge in [0.15, 0.2) is 0 Å². The standard InChI is InChI=1S/C16H23N3O4S.ClH/c1-18(8-9-20)24(22,23)15-6-2-12(3-7-15)16(21)19-13-4-5-14(19)11-17-10-13;/h2-3,6-7,13-14,17,20H,4-5,8-11H2,1H3;1H/t13-,14+;. The van der Waals surface area contributed by atoms with E-state index in [9.17, 15) is 13.2 Å². The van der Waals surface area contributed by atoms with Crippen LogP contribution in [0, 0.1) is 0 Å². The van der Waals surface area contributed by atoms with Gasteiger partial charge in [-0.1, -0.05) is 0 Å². The Kier molecular flexibility index (Phi) is 6.45. The van der Waals surface area contributed by atoms with E-state index in [1.54, 1.807) is 12.1 Å². The highest BCUT2D eigenvalue weighted by molar-refractivity contribution is 7.89. The summed E-state index contributed by atoms with van der Waals surface area (Å²) in [6.45, 7) is 1.44. The number of fused-ring (bicyclic) bond motifs is 2. The number of nitrogens with zero attached hydrogens (tertiary/aromatic N) is 2. The highest BCUT2D eigenvalue weighted by atomic mass is 35.5. The van der Waals surface area contributed by atoms with Crippen molar-refractivity contribution in [3.8, 4) is 0 Å². The van der Waals surface area contributed by atoms with Crippen LogP contribution in [0.4, 0.5) is 0 Å². The number of amides is 1. The molecule has 0 saturated carbocycles. The first kappa shape index (κ1) is 20.1. The van der Waals surface area contributed by atoms with Gasteiger partial charge in [-0.25, -0.2) is 8.42 Å². The number of hydrogen-bond acceptors (Lipinski definition) is 5. The van der Waals surface area contributed by atoms with Gasteiger partial charge >= 0.3 is 0 Å². The van der Waals surface area contributed by atoms with Crippen LogP contribution in [0.3, 0.4) is 0 Å². The lowest BCUT2D eigenvalue weighted by atomic mass is 10.1. The van der Waals surface area contributed by atoms with E-state index in [0.717, 1.165) is 30.2 Å².